The minimum atomic E-state index is 0.965. The molecule has 2 aromatic carbocycles. The molecule has 106 valence electrons. The van der Waals surface area contributed by atoms with Crippen LogP contribution in [0.3, 0.4) is 0 Å². The first-order chi connectivity index (χ1) is 10.4. The van der Waals surface area contributed by atoms with Gasteiger partial charge in [-0.25, -0.2) is 0 Å². The molecule has 0 saturated heterocycles. The summed E-state index contributed by atoms with van der Waals surface area (Å²) >= 11 is 0. The summed E-state index contributed by atoms with van der Waals surface area (Å²) in [5.41, 5.74) is 2.51. The molecule has 0 amide bonds. The minimum Gasteiger partial charge on any atom is -0.137 e. The number of aromatic nitrogens is 3. The first kappa shape index (κ1) is 13.6. The molecule has 0 unspecified atom stereocenters. The highest BCUT2D eigenvalue weighted by Crippen LogP contribution is 2.05. The Morgan fingerprint density at radius 2 is 1.57 bits per heavy atom. The molecule has 3 rings (SSSR count). The van der Waals surface area contributed by atoms with Crippen molar-refractivity contribution in [3.8, 4) is 5.69 Å². The van der Waals surface area contributed by atoms with Crippen molar-refractivity contribution < 1.29 is 4.68 Å². The largest absolute Gasteiger partial charge is 0.161 e. The highest BCUT2D eigenvalue weighted by Gasteiger charge is 2.07. The molecule has 0 N–H and O–H groups in total. The smallest absolute Gasteiger partial charge is 0.137 e. The van der Waals surface area contributed by atoms with Crippen LogP contribution in [0.25, 0.3) is 5.69 Å². The topological polar surface area (TPSA) is 21.7 Å². The number of hydrogen-bond donors (Lipinski definition) is 0. The van der Waals surface area contributed by atoms with Gasteiger partial charge in [0.2, 0.25) is 0 Å². The van der Waals surface area contributed by atoms with Gasteiger partial charge in [-0.3, -0.25) is 0 Å². The van der Waals surface area contributed by atoms with Gasteiger partial charge in [0.05, 0.1) is 5.21 Å². The lowest BCUT2D eigenvalue weighted by atomic mass is 10.1. The minimum absolute atomic E-state index is 0.965. The number of unbranched alkanes of at least 4 members (excludes halogenated alkanes) is 1. The predicted molar refractivity (Wildman–Crippen MR) is 83.1 cm³/mol. The summed E-state index contributed by atoms with van der Waals surface area (Å²) in [6.07, 6.45) is 7.52. The summed E-state index contributed by atoms with van der Waals surface area (Å²) < 4.78 is 3.93. The summed E-state index contributed by atoms with van der Waals surface area (Å²) in [5, 5.41) is 4.56. The van der Waals surface area contributed by atoms with E-state index in [1.54, 1.807) is 0 Å². The molecule has 1 aromatic heterocycles. The molecule has 0 aliphatic heterocycles. The van der Waals surface area contributed by atoms with E-state index in [0.717, 1.165) is 25.1 Å². The average molecular weight is 278 g/mol. The van der Waals surface area contributed by atoms with E-state index in [1.807, 2.05) is 40.0 Å². The molecule has 3 heteroatoms. The number of nitrogens with zero attached hydrogens (tertiary/aromatic N) is 3. The lowest BCUT2D eigenvalue weighted by Crippen LogP contribution is -2.36. The number of rotatable bonds is 6. The van der Waals surface area contributed by atoms with E-state index < -0.39 is 0 Å². The normalized spacial score (nSPS) is 10.7. The molecule has 0 fully saturated rings. The maximum Gasteiger partial charge on any atom is 0.161 e. The van der Waals surface area contributed by atoms with Crippen LogP contribution in [0, 0.1) is 0 Å². The van der Waals surface area contributed by atoms with Crippen molar-refractivity contribution in [1.29, 1.82) is 0 Å². The van der Waals surface area contributed by atoms with E-state index in [2.05, 4.69) is 47.7 Å². The van der Waals surface area contributed by atoms with Gasteiger partial charge in [0.15, 0.2) is 18.1 Å². The summed E-state index contributed by atoms with van der Waals surface area (Å²) in [4.78, 5) is 0. The van der Waals surface area contributed by atoms with Gasteiger partial charge in [-0.2, -0.15) is 0 Å². The van der Waals surface area contributed by atoms with Gasteiger partial charge in [-0.15, -0.1) is 9.36 Å². The molecule has 21 heavy (non-hydrogen) atoms. The molecule has 0 bridgehead atoms. The molecular formula is C18H20N3+. The van der Waals surface area contributed by atoms with Crippen LogP contribution in [0.4, 0.5) is 0 Å². The Bertz CT molecular complexity index is 659. The fourth-order valence-electron chi connectivity index (χ4n) is 2.41. The van der Waals surface area contributed by atoms with E-state index in [1.165, 1.54) is 12.0 Å². The first-order valence-electron chi connectivity index (χ1n) is 7.46. The van der Waals surface area contributed by atoms with Gasteiger partial charge in [-0.05, 0) is 37.0 Å². The molecule has 0 radical (unpaired) electrons. The van der Waals surface area contributed by atoms with E-state index in [-0.39, 0.29) is 0 Å². The van der Waals surface area contributed by atoms with Crippen molar-refractivity contribution in [3.63, 3.8) is 0 Å². The second-order valence-corrected chi connectivity index (χ2v) is 5.17. The van der Waals surface area contributed by atoms with Crippen LogP contribution >= 0.6 is 0 Å². The van der Waals surface area contributed by atoms with Gasteiger partial charge in [0.25, 0.3) is 0 Å². The molecule has 0 atom stereocenters. The molecule has 0 aliphatic carbocycles. The number of benzene rings is 2. The number of hydrogen-bond acceptors (Lipinski definition) is 1. The second-order valence-electron chi connectivity index (χ2n) is 5.17. The quantitative estimate of drug-likeness (QED) is 0.501. The maximum atomic E-state index is 4.56. The fraction of sp³-hybridized carbons (Fsp3) is 0.222. The summed E-state index contributed by atoms with van der Waals surface area (Å²) in [7, 11) is 0. The SMILES string of the molecule is c1ccc(CCCC[n+]2ccn(-c3ccccc3)n2)cc1. The zero-order valence-corrected chi connectivity index (χ0v) is 12.1. The van der Waals surface area contributed by atoms with Gasteiger partial charge in [0.1, 0.15) is 6.54 Å². The Kier molecular flexibility index (Phi) is 4.42. The third-order valence-electron chi connectivity index (χ3n) is 3.56. The Hall–Kier alpha value is -2.42. The Balaban J connectivity index is 1.49. The summed E-state index contributed by atoms with van der Waals surface area (Å²) in [6.45, 7) is 0.965. The van der Waals surface area contributed by atoms with Crippen molar-refractivity contribution in [3.05, 3.63) is 78.6 Å². The Morgan fingerprint density at radius 3 is 2.33 bits per heavy atom. The molecule has 3 nitrogen and oxygen atoms in total. The number of para-hydroxylation sites is 1. The lowest BCUT2D eigenvalue weighted by Gasteiger charge is -1.99. The van der Waals surface area contributed by atoms with Crippen LogP contribution in [0.2, 0.25) is 0 Å². The highest BCUT2D eigenvalue weighted by molar-refractivity contribution is 5.28. The van der Waals surface area contributed by atoms with Crippen LogP contribution in [-0.4, -0.2) is 9.90 Å². The van der Waals surface area contributed by atoms with Gasteiger partial charge < -0.3 is 0 Å². The third-order valence-corrected chi connectivity index (χ3v) is 3.56. The van der Waals surface area contributed by atoms with E-state index in [0.29, 0.717) is 0 Å². The average Bonchev–Trinajstić information content (AvgIpc) is 3.02. The van der Waals surface area contributed by atoms with E-state index >= 15 is 0 Å². The standard InChI is InChI=1S/C18H20N3/c1-3-9-17(10-4-1)11-7-8-14-20-15-16-21(19-20)18-12-5-2-6-13-18/h1-6,9-10,12-13,15-16H,7-8,11,14H2/q+1. The highest BCUT2D eigenvalue weighted by atomic mass is 15.5. The van der Waals surface area contributed by atoms with Crippen molar-refractivity contribution in [1.82, 2.24) is 9.90 Å². The molecular weight excluding hydrogens is 258 g/mol. The monoisotopic (exact) mass is 278 g/mol. The summed E-state index contributed by atoms with van der Waals surface area (Å²) in [5.74, 6) is 0. The van der Waals surface area contributed by atoms with Crippen molar-refractivity contribution >= 4 is 0 Å². The number of aryl methyl sites for hydroxylation is 2. The van der Waals surface area contributed by atoms with Crippen LogP contribution in [0.5, 0.6) is 0 Å². The Labute approximate surface area is 125 Å². The van der Waals surface area contributed by atoms with Gasteiger partial charge in [0, 0.05) is 0 Å². The molecule has 0 spiro atoms. The van der Waals surface area contributed by atoms with E-state index in [4.69, 9.17) is 0 Å². The van der Waals surface area contributed by atoms with Crippen LogP contribution in [0.1, 0.15) is 18.4 Å². The van der Waals surface area contributed by atoms with Crippen LogP contribution in [0.15, 0.2) is 73.1 Å². The predicted octanol–water partition coefficient (Wildman–Crippen LogP) is 3.18. The lowest BCUT2D eigenvalue weighted by molar-refractivity contribution is -0.755. The van der Waals surface area contributed by atoms with Crippen LogP contribution < -0.4 is 4.68 Å². The van der Waals surface area contributed by atoms with Crippen LogP contribution in [-0.2, 0) is 13.0 Å². The van der Waals surface area contributed by atoms with Crippen molar-refractivity contribution in [2.75, 3.05) is 0 Å². The summed E-state index contributed by atoms with van der Waals surface area (Å²) in [6, 6.07) is 20.9. The van der Waals surface area contributed by atoms with E-state index in [9.17, 15) is 0 Å². The Morgan fingerprint density at radius 1 is 0.857 bits per heavy atom. The zero-order chi connectivity index (χ0) is 14.3. The molecule has 1 heterocycles. The first-order valence-corrected chi connectivity index (χ1v) is 7.46. The molecule has 3 aromatic rings. The molecule has 0 saturated carbocycles. The van der Waals surface area contributed by atoms with Crippen molar-refractivity contribution in [2.45, 2.75) is 25.8 Å². The van der Waals surface area contributed by atoms with Gasteiger partial charge >= 0.3 is 0 Å². The maximum absolute atomic E-state index is 4.56. The second kappa shape index (κ2) is 6.84. The molecule has 0 aliphatic rings. The third kappa shape index (κ3) is 3.78. The van der Waals surface area contributed by atoms with Gasteiger partial charge in [-0.1, -0.05) is 48.5 Å². The zero-order valence-electron chi connectivity index (χ0n) is 12.1. The van der Waals surface area contributed by atoms with Crippen molar-refractivity contribution in [2.24, 2.45) is 0 Å². The fourth-order valence-corrected chi connectivity index (χ4v) is 2.41.